The summed E-state index contributed by atoms with van der Waals surface area (Å²) in [5.41, 5.74) is 5.21. The first-order valence-corrected chi connectivity index (χ1v) is 5.86. The zero-order valence-electron chi connectivity index (χ0n) is 10.1. The summed E-state index contributed by atoms with van der Waals surface area (Å²) in [6, 6.07) is 3.70. The van der Waals surface area contributed by atoms with E-state index in [0.717, 1.165) is 12.1 Å². The van der Waals surface area contributed by atoms with Crippen LogP contribution in [0.25, 0.3) is 0 Å². The monoisotopic (exact) mass is 354 g/mol. The Kier molecular flexibility index (Phi) is 4.92. The molecule has 0 saturated carbocycles. The van der Waals surface area contributed by atoms with E-state index in [1.807, 2.05) is 0 Å². The molecule has 0 aliphatic heterocycles. The number of nitrogens with one attached hydrogen (secondary N) is 2. The zero-order chi connectivity index (χ0) is 16.2. The number of amidine groups is 1. The third-order valence-corrected chi connectivity index (χ3v) is 2.61. The topological polar surface area (TPSA) is 178 Å². The van der Waals surface area contributed by atoms with Crippen molar-refractivity contribution in [3.05, 3.63) is 32.3 Å². The molecule has 0 spiro atoms. The number of rotatable bonds is 5. The minimum atomic E-state index is -1.43. The van der Waals surface area contributed by atoms with Gasteiger partial charge < -0.3 is 10.8 Å². The van der Waals surface area contributed by atoms with Crippen LogP contribution in [0.2, 0.25) is 0 Å². The summed E-state index contributed by atoms with van der Waals surface area (Å²) < 4.78 is 0.188. The fraction of sp³-hybridized carbons (Fsp3) is 0. The average molecular weight is 355 g/mol. The van der Waals surface area contributed by atoms with Crippen molar-refractivity contribution >= 4 is 44.8 Å². The number of nitro groups is 1. The van der Waals surface area contributed by atoms with Gasteiger partial charge >= 0.3 is 5.97 Å². The van der Waals surface area contributed by atoms with Gasteiger partial charge in [0.05, 0.1) is 10.5 Å². The van der Waals surface area contributed by atoms with Crippen molar-refractivity contribution < 1.29 is 14.8 Å². The van der Waals surface area contributed by atoms with Crippen LogP contribution < -0.4 is 11.2 Å². The van der Waals surface area contributed by atoms with E-state index in [0.29, 0.717) is 0 Å². The minimum Gasteiger partial charge on any atom is -0.478 e. The summed E-state index contributed by atoms with van der Waals surface area (Å²) in [6.45, 7) is 0. The molecule has 11 heteroatoms. The molecule has 0 amide bonds. The highest BCUT2D eigenvalue weighted by Crippen LogP contribution is 2.32. The summed E-state index contributed by atoms with van der Waals surface area (Å²) in [5, 5.41) is 39.2. The molecular formula is C10H7BrN6O4. The number of nitro benzene ring substituents is 1. The maximum Gasteiger partial charge on any atom is 0.338 e. The first-order chi connectivity index (χ1) is 9.77. The molecule has 21 heavy (non-hydrogen) atoms. The van der Waals surface area contributed by atoms with Crippen LogP contribution in [-0.2, 0) is 0 Å². The Bertz CT molecular complexity index is 673. The highest BCUT2D eigenvalue weighted by atomic mass is 79.9. The van der Waals surface area contributed by atoms with E-state index in [9.17, 15) is 14.9 Å². The fourth-order valence-corrected chi connectivity index (χ4v) is 1.73. The van der Waals surface area contributed by atoms with Crippen LogP contribution in [0.5, 0.6) is 0 Å². The van der Waals surface area contributed by atoms with Gasteiger partial charge in [-0.15, -0.1) is 0 Å². The van der Waals surface area contributed by atoms with Crippen LogP contribution in [0.4, 0.5) is 11.4 Å². The first kappa shape index (κ1) is 16.1. The van der Waals surface area contributed by atoms with Crippen LogP contribution in [0.1, 0.15) is 10.4 Å². The van der Waals surface area contributed by atoms with E-state index in [2.05, 4.69) is 26.5 Å². The van der Waals surface area contributed by atoms with Gasteiger partial charge in [0.15, 0.2) is 5.84 Å². The van der Waals surface area contributed by atoms with Crippen LogP contribution in [0.15, 0.2) is 21.7 Å². The fourth-order valence-electron chi connectivity index (χ4n) is 1.28. The highest BCUT2D eigenvalue weighted by molar-refractivity contribution is 9.10. The Morgan fingerprint density at radius 1 is 1.62 bits per heavy atom. The van der Waals surface area contributed by atoms with E-state index >= 15 is 0 Å². The molecule has 0 aromatic heterocycles. The van der Waals surface area contributed by atoms with Gasteiger partial charge in [0.25, 0.3) is 5.69 Å². The van der Waals surface area contributed by atoms with Crippen molar-refractivity contribution in [3.63, 3.8) is 0 Å². The third kappa shape index (κ3) is 3.74. The molecule has 0 bridgehead atoms. The van der Waals surface area contributed by atoms with Gasteiger partial charge in [-0.2, -0.15) is 10.4 Å². The van der Waals surface area contributed by atoms with Crippen LogP contribution in [0, 0.1) is 26.9 Å². The van der Waals surface area contributed by atoms with E-state index in [1.165, 1.54) is 6.07 Å². The van der Waals surface area contributed by atoms with E-state index in [-0.39, 0.29) is 4.47 Å². The molecule has 0 fully saturated rings. The van der Waals surface area contributed by atoms with Crippen LogP contribution in [0.3, 0.4) is 0 Å². The molecule has 0 unspecified atom stereocenters. The maximum absolute atomic E-state index is 11.1. The predicted molar refractivity (Wildman–Crippen MR) is 76.3 cm³/mol. The van der Waals surface area contributed by atoms with Gasteiger partial charge in [0.2, 0.25) is 5.71 Å². The summed E-state index contributed by atoms with van der Waals surface area (Å²) in [6.07, 6.45) is 0. The molecule has 0 aliphatic rings. The molecule has 1 aromatic carbocycles. The van der Waals surface area contributed by atoms with Crippen molar-refractivity contribution in [1.82, 2.24) is 0 Å². The maximum atomic E-state index is 11.1. The van der Waals surface area contributed by atoms with Crippen molar-refractivity contribution in [2.75, 3.05) is 5.43 Å². The van der Waals surface area contributed by atoms with Crippen molar-refractivity contribution in [2.24, 2.45) is 10.8 Å². The Balaban J connectivity index is 3.46. The largest absolute Gasteiger partial charge is 0.478 e. The lowest BCUT2D eigenvalue weighted by Crippen LogP contribution is -2.22. The molecule has 0 atom stereocenters. The lowest BCUT2D eigenvalue weighted by Gasteiger charge is -2.07. The van der Waals surface area contributed by atoms with E-state index in [1.54, 1.807) is 0 Å². The van der Waals surface area contributed by atoms with Gasteiger partial charge in [-0.1, -0.05) is 15.9 Å². The Morgan fingerprint density at radius 3 is 2.67 bits per heavy atom. The first-order valence-electron chi connectivity index (χ1n) is 5.07. The van der Waals surface area contributed by atoms with Crippen molar-refractivity contribution in [1.29, 1.82) is 10.7 Å². The number of halogens is 1. The van der Waals surface area contributed by atoms with E-state index in [4.69, 9.17) is 21.5 Å². The number of carboxylic acids is 1. The van der Waals surface area contributed by atoms with Crippen molar-refractivity contribution in [2.45, 2.75) is 0 Å². The summed E-state index contributed by atoms with van der Waals surface area (Å²) in [7, 11) is 0. The number of carboxylic acid groups (broad SMARTS) is 1. The summed E-state index contributed by atoms with van der Waals surface area (Å²) >= 11 is 2.96. The minimum absolute atomic E-state index is 0.188. The molecule has 0 radical (unpaired) electrons. The van der Waals surface area contributed by atoms with Crippen LogP contribution >= 0.6 is 15.9 Å². The second-order valence-electron chi connectivity index (χ2n) is 3.51. The Morgan fingerprint density at radius 2 is 2.24 bits per heavy atom. The number of anilines is 1. The normalized spacial score (nSPS) is 10.6. The van der Waals surface area contributed by atoms with Gasteiger partial charge in [-0.05, 0) is 6.07 Å². The second-order valence-corrected chi connectivity index (χ2v) is 4.42. The molecule has 0 heterocycles. The van der Waals surface area contributed by atoms with E-state index < -0.39 is 39.4 Å². The molecule has 10 nitrogen and oxygen atoms in total. The molecule has 0 aliphatic carbocycles. The molecule has 0 saturated heterocycles. The molecule has 1 aromatic rings. The molecular weight excluding hydrogens is 348 g/mol. The SMILES string of the molecule is N#C/C(=N\Nc1c(C(=O)O)cc(Br)cc1[N+](=O)[O-])C(=N)N. The van der Waals surface area contributed by atoms with Crippen molar-refractivity contribution in [3.8, 4) is 6.07 Å². The quantitative estimate of drug-likeness (QED) is 0.266. The Labute approximate surface area is 125 Å². The number of benzene rings is 1. The van der Waals surface area contributed by atoms with Crippen LogP contribution in [-0.4, -0.2) is 27.5 Å². The highest BCUT2D eigenvalue weighted by Gasteiger charge is 2.23. The van der Waals surface area contributed by atoms with Gasteiger partial charge in [-0.25, -0.2) is 4.79 Å². The standard InChI is InChI=1S/C10H7BrN6O4/c11-4-1-5(10(18)19)8(7(2-4)17(20)21)16-15-6(3-12)9(13)14/h1-2,16H,(H3,13,14)(H,18,19)/b15-6+. The van der Waals surface area contributed by atoms with Gasteiger partial charge in [0, 0.05) is 10.5 Å². The zero-order valence-corrected chi connectivity index (χ0v) is 11.7. The number of carbonyl (C=O) groups is 1. The number of aromatic carboxylic acids is 1. The number of nitrogens with zero attached hydrogens (tertiary/aromatic N) is 3. The number of nitriles is 1. The molecule has 1 rings (SSSR count). The van der Waals surface area contributed by atoms with Gasteiger partial charge in [-0.3, -0.25) is 20.9 Å². The lowest BCUT2D eigenvalue weighted by molar-refractivity contribution is -0.384. The number of hydrazone groups is 1. The summed E-state index contributed by atoms with van der Waals surface area (Å²) in [4.78, 5) is 21.3. The number of nitrogens with two attached hydrogens (primary N) is 1. The smallest absolute Gasteiger partial charge is 0.338 e. The molecule has 5 N–H and O–H groups in total. The lowest BCUT2D eigenvalue weighted by atomic mass is 10.1. The number of hydrogen-bond acceptors (Lipinski definition) is 7. The van der Waals surface area contributed by atoms with Gasteiger partial charge in [0.1, 0.15) is 11.8 Å². The molecule has 108 valence electrons. The third-order valence-electron chi connectivity index (χ3n) is 2.15. The summed E-state index contributed by atoms with van der Waals surface area (Å²) in [5.74, 6) is -2.10. The average Bonchev–Trinajstić information content (AvgIpc) is 2.39. The second kappa shape index (κ2) is 6.44. The number of hydrogen-bond donors (Lipinski definition) is 4. The predicted octanol–water partition coefficient (Wildman–Crippen LogP) is 1.28. The Hall–Kier alpha value is -3.00.